The summed E-state index contributed by atoms with van der Waals surface area (Å²) in [5, 5.41) is 4.17. The molecule has 1 aromatic carbocycles. The lowest BCUT2D eigenvalue weighted by molar-refractivity contribution is -0.124. The van der Waals surface area contributed by atoms with E-state index in [0.717, 1.165) is 30.5 Å². The van der Waals surface area contributed by atoms with Crippen molar-refractivity contribution < 1.29 is 9.59 Å². The Labute approximate surface area is 167 Å². The molecule has 1 aliphatic heterocycles. The Hall–Kier alpha value is -2.14. The highest BCUT2D eigenvalue weighted by atomic mass is 16.2. The van der Waals surface area contributed by atoms with Crippen LogP contribution in [0.15, 0.2) is 30.5 Å². The van der Waals surface area contributed by atoms with Gasteiger partial charge in [0.25, 0.3) is 0 Å². The molecule has 0 radical (unpaired) electrons. The van der Waals surface area contributed by atoms with Gasteiger partial charge in [-0.15, -0.1) is 0 Å². The maximum atomic E-state index is 13.0. The summed E-state index contributed by atoms with van der Waals surface area (Å²) >= 11 is 0. The summed E-state index contributed by atoms with van der Waals surface area (Å²) in [5.74, 6) is 0.0582. The van der Waals surface area contributed by atoms with Gasteiger partial charge in [-0.3, -0.25) is 14.5 Å². The largest absolute Gasteiger partial charge is 0.352 e. The average Bonchev–Trinajstić information content (AvgIpc) is 3.45. The van der Waals surface area contributed by atoms with Gasteiger partial charge in [0, 0.05) is 34.7 Å². The van der Waals surface area contributed by atoms with E-state index >= 15 is 0 Å². The smallest absolute Gasteiger partial charge is 0.242 e. The van der Waals surface area contributed by atoms with Crippen molar-refractivity contribution in [3.63, 3.8) is 0 Å². The van der Waals surface area contributed by atoms with Gasteiger partial charge in [-0.1, -0.05) is 31.0 Å². The summed E-state index contributed by atoms with van der Waals surface area (Å²) in [6.45, 7) is 6.56. The SMILES string of the molecule is CC(=O)c1cn([C@H](C)C(=O)NCC2(N3CCCC3)CCCC2)c2ccccc12. The molecule has 1 aliphatic carbocycles. The van der Waals surface area contributed by atoms with E-state index in [9.17, 15) is 9.59 Å². The van der Waals surface area contributed by atoms with E-state index in [1.807, 2.05) is 42.0 Å². The predicted octanol–water partition coefficient (Wildman–Crippen LogP) is 3.93. The molecule has 0 bridgehead atoms. The Morgan fingerprint density at radius 2 is 1.79 bits per heavy atom. The first kappa shape index (κ1) is 19.2. The molecular weight excluding hydrogens is 350 g/mol. The lowest BCUT2D eigenvalue weighted by Gasteiger charge is -2.39. The van der Waals surface area contributed by atoms with Crippen molar-refractivity contribution >= 4 is 22.6 Å². The molecule has 1 atom stereocenters. The number of benzene rings is 1. The fourth-order valence-corrected chi connectivity index (χ4v) is 5.16. The van der Waals surface area contributed by atoms with E-state index in [-0.39, 0.29) is 23.3 Å². The van der Waals surface area contributed by atoms with Crippen molar-refractivity contribution in [2.24, 2.45) is 0 Å². The Balaban J connectivity index is 1.52. The monoisotopic (exact) mass is 381 g/mol. The zero-order chi connectivity index (χ0) is 19.7. The highest BCUT2D eigenvalue weighted by Gasteiger charge is 2.41. The lowest BCUT2D eigenvalue weighted by atomic mass is 9.95. The quantitative estimate of drug-likeness (QED) is 0.772. The second-order valence-corrected chi connectivity index (χ2v) is 8.54. The summed E-state index contributed by atoms with van der Waals surface area (Å²) in [4.78, 5) is 27.7. The van der Waals surface area contributed by atoms with Crippen LogP contribution in [0.3, 0.4) is 0 Å². The van der Waals surface area contributed by atoms with Crippen LogP contribution in [0.5, 0.6) is 0 Å². The van der Waals surface area contributed by atoms with E-state index in [2.05, 4.69) is 10.2 Å². The van der Waals surface area contributed by atoms with Gasteiger partial charge in [-0.25, -0.2) is 0 Å². The van der Waals surface area contributed by atoms with Gasteiger partial charge in [0.2, 0.25) is 5.91 Å². The van der Waals surface area contributed by atoms with Crippen molar-refractivity contribution in [3.05, 3.63) is 36.0 Å². The van der Waals surface area contributed by atoms with Gasteiger partial charge in [-0.2, -0.15) is 0 Å². The van der Waals surface area contributed by atoms with Crippen LogP contribution in [-0.4, -0.2) is 46.3 Å². The molecule has 2 aliphatic rings. The predicted molar refractivity (Wildman–Crippen MR) is 112 cm³/mol. The van der Waals surface area contributed by atoms with E-state index in [0.29, 0.717) is 5.56 Å². The number of nitrogens with one attached hydrogen (secondary N) is 1. The van der Waals surface area contributed by atoms with Gasteiger partial charge < -0.3 is 9.88 Å². The first-order valence-electron chi connectivity index (χ1n) is 10.7. The van der Waals surface area contributed by atoms with Crippen LogP contribution in [0.1, 0.15) is 68.8 Å². The highest BCUT2D eigenvalue weighted by molar-refractivity contribution is 6.07. The number of hydrogen-bond donors (Lipinski definition) is 1. The van der Waals surface area contributed by atoms with Crippen molar-refractivity contribution in [1.29, 1.82) is 0 Å². The molecule has 5 nitrogen and oxygen atoms in total. The lowest BCUT2D eigenvalue weighted by Crippen LogP contribution is -2.53. The third-order valence-electron chi connectivity index (χ3n) is 6.82. The third-order valence-corrected chi connectivity index (χ3v) is 6.82. The molecule has 1 amide bonds. The number of nitrogens with zero attached hydrogens (tertiary/aromatic N) is 2. The van der Waals surface area contributed by atoms with Gasteiger partial charge >= 0.3 is 0 Å². The molecule has 5 heteroatoms. The van der Waals surface area contributed by atoms with Crippen LogP contribution in [-0.2, 0) is 4.79 Å². The van der Waals surface area contributed by atoms with Crippen molar-refractivity contribution in [2.75, 3.05) is 19.6 Å². The zero-order valence-corrected chi connectivity index (χ0v) is 17.0. The summed E-state index contributed by atoms with van der Waals surface area (Å²) in [5.41, 5.74) is 1.76. The summed E-state index contributed by atoms with van der Waals surface area (Å²) < 4.78 is 1.94. The van der Waals surface area contributed by atoms with E-state index < -0.39 is 0 Å². The molecule has 28 heavy (non-hydrogen) atoms. The topological polar surface area (TPSA) is 54.3 Å². The van der Waals surface area contributed by atoms with Crippen LogP contribution in [0, 0.1) is 0 Å². The number of fused-ring (bicyclic) bond motifs is 1. The number of para-hydroxylation sites is 1. The van der Waals surface area contributed by atoms with Gasteiger partial charge in [-0.05, 0) is 58.7 Å². The maximum Gasteiger partial charge on any atom is 0.242 e. The molecule has 0 unspecified atom stereocenters. The molecule has 1 aromatic heterocycles. The molecular formula is C23H31N3O2. The van der Waals surface area contributed by atoms with Crippen LogP contribution in [0.25, 0.3) is 10.9 Å². The highest BCUT2D eigenvalue weighted by Crippen LogP contribution is 2.37. The number of aromatic nitrogens is 1. The molecule has 2 heterocycles. The zero-order valence-electron chi connectivity index (χ0n) is 17.0. The number of rotatable bonds is 6. The molecule has 2 aromatic rings. The fourth-order valence-electron chi connectivity index (χ4n) is 5.16. The van der Waals surface area contributed by atoms with Crippen LogP contribution in [0.4, 0.5) is 0 Å². The van der Waals surface area contributed by atoms with Crippen molar-refractivity contribution in [1.82, 2.24) is 14.8 Å². The number of ketones is 1. The first-order valence-corrected chi connectivity index (χ1v) is 10.7. The van der Waals surface area contributed by atoms with Gasteiger partial charge in [0.15, 0.2) is 5.78 Å². The molecule has 1 saturated heterocycles. The number of Topliss-reactive ketones (excluding diaryl/α,β-unsaturated/α-hetero) is 1. The number of carbonyl (C=O) groups excluding carboxylic acids is 2. The molecule has 2 fully saturated rings. The number of likely N-dealkylation sites (tertiary alicyclic amines) is 1. The Bertz CT molecular complexity index is 873. The molecule has 4 rings (SSSR count). The van der Waals surface area contributed by atoms with Crippen molar-refractivity contribution in [2.45, 2.75) is 64.0 Å². The minimum atomic E-state index is -0.352. The Morgan fingerprint density at radius 3 is 2.46 bits per heavy atom. The molecule has 1 saturated carbocycles. The Morgan fingerprint density at radius 1 is 1.11 bits per heavy atom. The first-order chi connectivity index (χ1) is 13.5. The molecule has 1 N–H and O–H groups in total. The van der Waals surface area contributed by atoms with E-state index in [1.165, 1.54) is 38.5 Å². The number of hydrogen-bond acceptors (Lipinski definition) is 3. The van der Waals surface area contributed by atoms with Crippen LogP contribution >= 0.6 is 0 Å². The van der Waals surface area contributed by atoms with E-state index in [1.54, 1.807) is 6.92 Å². The third kappa shape index (κ3) is 3.37. The average molecular weight is 382 g/mol. The minimum absolute atomic E-state index is 0.0290. The number of amides is 1. The molecule has 0 spiro atoms. The van der Waals surface area contributed by atoms with Crippen molar-refractivity contribution in [3.8, 4) is 0 Å². The van der Waals surface area contributed by atoms with Gasteiger partial charge in [0.05, 0.1) is 0 Å². The second-order valence-electron chi connectivity index (χ2n) is 8.54. The fraction of sp³-hybridized carbons (Fsp3) is 0.565. The van der Waals surface area contributed by atoms with Gasteiger partial charge in [0.1, 0.15) is 6.04 Å². The second kappa shape index (κ2) is 7.70. The molecule has 150 valence electrons. The number of carbonyl (C=O) groups is 2. The summed E-state index contributed by atoms with van der Waals surface area (Å²) in [7, 11) is 0. The normalized spacial score (nSPS) is 20.5. The maximum absolute atomic E-state index is 13.0. The Kier molecular flexibility index (Phi) is 5.28. The summed E-state index contributed by atoms with van der Waals surface area (Å²) in [6, 6.07) is 7.47. The van der Waals surface area contributed by atoms with Crippen LogP contribution < -0.4 is 5.32 Å². The van der Waals surface area contributed by atoms with Crippen LogP contribution in [0.2, 0.25) is 0 Å². The minimum Gasteiger partial charge on any atom is -0.352 e. The standard InChI is InChI=1S/C23H31N3O2/c1-17(26-15-20(18(2)27)19-9-3-4-10-21(19)26)22(28)24-16-23(11-5-6-12-23)25-13-7-8-14-25/h3-4,9-10,15,17H,5-8,11-14,16H2,1-2H3,(H,24,28)/t17-/m1/s1. The van der Waals surface area contributed by atoms with E-state index in [4.69, 9.17) is 0 Å². The summed E-state index contributed by atoms with van der Waals surface area (Å²) in [6.07, 6.45) is 9.26.